The van der Waals surface area contributed by atoms with E-state index in [1.165, 1.54) is 72.0 Å². The number of halogens is 1. The van der Waals surface area contributed by atoms with Gasteiger partial charge in [-0.2, -0.15) is 0 Å². The molecule has 0 unspecified atom stereocenters. The van der Waals surface area contributed by atoms with Gasteiger partial charge in [0.05, 0.1) is 0 Å². The second kappa shape index (κ2) is 12.6. The first-order valence-corrected chi connectivity index (χ1v) is 16.3. The van der Waals surface area contributed by atoms with Crippen LogP contribution in [0.2, 0.25) is 5.02 Å². The Morgan fingerprint density at radius 3 is 0.979 bits per heavy atom. The van der Waals surface area contributed by atoms with Gasteiger partial charge >= 0.3 is 0 Å². The highest BCUT2D eigenvalue weighted by Gasteiger charge is 2.24. The lowest BCUT2D eigenvalue weighted by molar-refractivity contribution is 1.56. The van der Waals surface area contributed by atoms with Gasteiger partial charge in [-0.1, -0.05) is 181 Å². The fourth-order valence-corrected chi connectivity index (χ4v) is 6.89. The molecule has 0 amide bonds. The zero-order chi connectivity index (χ0) is 31.6. The molecule has 0 radical (unpaired) electrons. The second-order valence-corrected chi connectivity index (χ2v) is 12.2. The fourth-order valence-electron chi connectivity index (χ4n) is 6.76. The van der Waals surface area contributed by atoms with Gasteiger partial charge in [-0.25, -0.2) is 0 Å². The summed E-state index contributed by atoms with van der Waals surface area (Å²) in [6.07, 6.45) is 0. The number of benzene rings is 8. The molecule has 0 N–H and O–H groups in total. The lowest BCUT2D eigenvalue weighted by atomic mass is 9.78. The maximum atomic E-state index is 6.15. The third-order valence-corrected chi connectivity index (χ3v) is 9.21. The SMILES string of the molecule is Clc1ccc(-c2ccc(-c3ccc4c(-c5ccccc5)c(-c5ccccc5)c(-c5ccccc5)c(-c5ccccc5)c4c3)cc2)cc1. The summed E-state index contributed by atoms with van der Waals surface area (Å²) in [6, 6.07) is 67.3. The summed E-state index contributed by atoms with van der Waals surface area (Å²) in [4.78, 5) is 0. The van der Waals surface area contributed by atoms with E-state index in [2.05, 4.69) is 176 Å². The first kappa shape index (κ1) is 28.8. The van der Waals surface area contributed by atoms with Crippen LogP contribution < -0.4 is 0 Å². The number of hydrogen-bond donors (Lipinski definition) is 0. The van der Waals surface area contributed by atoms with Crippen LogP contribution in [-0.4, -0.2) is 0 Å². The third-order valence-electron chi connectivity index (χ3n) is 8.95. The lowest BCUT2D eigenvalue weighted by Crippen LogP contribution is -1.97. The van der Waals surface area contributed by atoms with Gasteiger partial charge in [0, 0.05) is 5.02 Å². The van der Waals surface area contributed by atoms with Crippen molar-refractivity contribution in [1.29, 1.82) is 0 Å². The van der Waals surface area contributed by atoms with E-state index >= 15 is 0 Å². The van der Waals surface area contributed by atoms with Gasteiger partial charge in [-0.15, -0.1) is 0 Å². The normalized spacial score (nSPS) is 11.1. The van der Waals surface area contributed by atoms with Crippen LogP contribution in [0, 0.1) is 0 Å². The molecule has 0 atom stereocenters. The monoisotopic (exact) mass is 618 g/mol. The van der Waals surface area contributed by atoms with Crippen LogP contribution in [0.25, 0.3) is 77.5 Å². The molecule has 0 aliphatic carbocycles. The highest BCUT2D eigenvalue weighted by Crippen LogP contribution is 2.51. The molecule has 0 nitrogen and oxygen atoms in total. The molecule has 222 valence electrons. The van der Waals surface area contributed by atoms with Crippen molar-refractivity contribution in [2.45, 2.75) is 0 Å². The Morgan fingerprint density at radius 1 is 0.234 bits per heavy atom. The number of hydrogen-bond acceptors (Lipinski definition) is 0. The van der Waals surface area contributed by atoms with Gasteiger partial charge in [0.25, 0.3) is 0 Å². The molecular weight excluding hydrogens is 588 g/mol. The van der Waals surface area contributed by atoms with Crippen LogP contribution >= 0.6 is 11.6 Å². The maximum Gasteiger partial charge on any atom is 0.0406 e. The van der Waals surface area contributed by atoms with Crippen molar-refractivity contribution in [3.63, 3.8) is 0 Å². The van der Waals surface area contributed by atoms with Gasteiger partial charge in [0.15, 0.2) is 0 Å². The van der Waals surface area contributed by atoms with Crippen molar-refractivity contribution in [3.8, 4) is 66.8 Å². The standard InChI is InChI=1S/C46H31Cl/c47-40-28-25-33(26-29-40)32-21-23-34(24-22-32)39-27-30-41-42(31-39)44(36-15-7-2-8-16-36)46(38-19-11-4-12-20-38)45(37-17-9-3-10-18-37)43(41)35-13-5-1-6-14-35/h1-31H. The Labute approximate surface area is 281 Å². The molecule has 8 aromatic carbocycles. The summed E-state index contributed by atoms with van der Waals surface area (Å²) >= 11 is 6.15. The summed E-state index contributed by atoms with van der Waals surface area (Å²) in [5.41, 5.74) is 14.4. The Hall–Kier alpha value is -5.69. The quantitative estimate of drug-likeness (QED) is 0.174. The minimum atomic E-state index is 0.746. The molecule has 8 rings (SSSR count). The van der Waals surface area contributed by atoms with Crippen LogP contribution in [0.3, 0.4) is 0 Å². The highest BCUT2D eigenvalue weighted by molar-refractivity contribution is 6.30. The molecule has 0 bridgehead atoms. The van der Waals surface area contributed by atoms with Gasteiger partial charge in [0.2, 0.25) is 0 Å². The van der Waals surface area contributed by atoms with Crippen LogP contribution in [0.15, 0.2) is 188 Å². The Balaban J connectivity index is 1.46. The number of fused-ring (bicyclic) bond motifs is 1. The molecule has 0 aliphatic rings. The third kappa shape index (κ3) is 5.54. The lowest BCUT2D eigenvalue weighted by Gasteiger charge is -2.24. The topological polar surface area (TPSA) is 0 Å². The average molecular weight is 619 g/mol. The molecule has 0 aliphatic heterocycles. The summed E-state index contributed by atoms with van der Waals surface area (Å²) in [6.45, 7) is 0. The van der Waals surface area contributed by atoms with Crippen LogP contribution in [0.4, 0.5) is 0 Å². The molecule has 0 saturated heterocycles. The van der Waals surface area contributed by atoms with E-state index in [9.17, 15) is 0 Å². The smallest absolute Gasteiger partial charge is 0.0406 e. The van der Waals surface area contributed by atoms with Crippen molar-refractivity contribution in [2.24, 2.45) is 0 Å². The van der Waals surface area contributed by atoms with Crippen molar-refractivity contribution in [2.75, 3.05) is 0 Å². The Bertz CT molecular complexity index is 2290. The van der Waals surface area contributed by atoms with E-state index < -0.39 is 0 Å². The van der Waals surface area contributed by atoms with Crippen molar-refractivity contribution in [1.82, 2.24) is 0 Å². The van der Waals surface area contributed by atoms with E-state index in [0.717, 1.165) is 10.6 Å². The molecule has 0 fully saturated rings. The minimum Gasteiger partial charge on any atom is -0.0843 e. The van der Waals surface area contributed by atoms with E-state index in [-0.39, 0.29) is 0 Å². The summed E-state index contributed by atoms with van der Waals surface area (Å²) in [5.74, 6) is 0. The molecular formula is C46H31Cl. The Morgan fingerprint density at radius 2 is 0.553 bits per heavy atom. The van der Waals surface area contributed by atoms with Crippen LogP contribution in [-0.2, 0) is 0 Å². The van der Waals surface area contributed by atoms with Gasteiger partial charge in [-0.05, 0) is 95.7 Å². The van der Waals surface area contributed by atoms with Gasteiger partial charge in [0.1, 0.15) is 0 Å². The van der Waals surface area contributed by atoms with Crippen molar-refractivity contribution in [3.05, 3.63) is 193 Å². The average Bonchev–Trinajstić information content (AvgIpc) is 3.15. The second-order valence-electron chi connectivity index (χ2n) is 11.8. The zero-order valence-corrected chi connectivity index (χ0v) is 26.5. The molecule has 1 heteroatoms. The van der Waals surface area contributed by atoms with E-state index in [1.807, 2.05) is 12.1 Å². The Kier molecular flexibility index (Phi) is 7.71. The van der Waals surface area contributed by atoms with E-state index in [1.54, 1.807) is 0 Å². The first-order valence-electron chi connectivity index (χ1n) is 16.0. The maximum absolute atomic E-state index is 6.15. The van der Waals surface area contributed by atoms with Gasteiger partial charge in [-0.3, -0.25) is 0 Å². The molecule has 47 heavy (non-hydrogen) atoms. The van der Waals surface area contributed by atoms with Crippen LogP contribution in [0.5, 0.6) is 0 Å². The van der Waals surface area contributed by atoms with Gasteiger partial charge < -0.3 is 0 Å². The largest absolute Gasteiger partial charge is 0.0843 e. The summed E-state index contributed by atoms with van der Waals surface area (Å²) < 4.78 is 0. The molecule has 0 aromatic heterocycles. The van der Waals surface area contributed by atoms with E-state index in [0.29, 0.717) is 0 Å². The predicted molar refractivity (Wildman–Crippen MR) is 202 cm³/mol. The molecule has 0 saturated carbocycles. The first-order chi connectivity index (χ1) is 23.2. The fraction of sp³-hybridized carbons (Fsp3) is 0. The summed E-state index contributed by atoms with van der Waals surface area (Å²) in [5, 5.41) is 3.21. The number of rotatable bonds is 6. The minimum absolute atomic E-state index is 0.746. The van der Waals surface area contributed by atoms with Crippen molar-refractivity contribution < 1.29 is 0 Å². The molecule has 0 spiro atoms. The van der Waals surface area contributed by atoms with E-state index in [4.69, 9.17) is 11.6 Å². The summed E-state index contributed by atoms with van der Waals surface area (Å²) in [7, 11) is 0. The highest BCUT2D eigenvalue weighted by atomic mass is 35.5. The molecule has 8 aromatic rings. The molecule has 0 heterocycles. The van der Waals surface area contributed by atoms with Crippen molar-refractivity contribution >= 4 is 22.4 Å². The van der Waals surface area contributed by atoms with Crippen LogP contribution in [0.1, 0.15) is 0 Å². The zero-order valence-electron chi connectivity index (χ0n) is 25.8. The predicted octanol–water partition coefficient (Wildman–Crippen LogP) is 13.5.